The number of hydrogen-bond donors (Lipinski definition) is 1. The van der Waals surface area contributed by atoms with Crippen molar-refractivity contribution < 1.29 is 4.79 Å². The first-order chi connectivity index (χ1) is 10.5. The van der Waals surface area contributed by atoms with E-state index < -0.39 is 5.54 Å². The zero-order valence-corrected chi connectivity index (χ0v) is 14.2. The zero-order chi connectivity index (χ0) is 15.7. The number of nitrogens with zero attached hydrogens (tertiary/aromatic N) is 1. The fraction of sp³-hybridized carbons (Fsp3) is 0.389. The maximum Gasteiger partial charge on any atom is 0.241 e. The number of hydrogen-bond acceptors (Lipinski definition) is 3. The van der Waals surface area contributed by atoms with Crippen LogP contribution >= 0.6 is 11.3 Å². The van der Waals surface area contributed by atoms with E-state index in [1.54, 1.807) is 11.3 Å². The SMILES string of the molecule is Cc1ccc(CNC(=O)C2(N(C)C)Cc3ccccc3C2)s1. The number of aryl methyl sites for hydroxylation is 1. The Morgan fingerprint density at radius 3 is 2.32 bits per heavy atom. The predicted octanol–water partition coefficient (Wildman–Crippen LogP) is 2.77. The lowest BCUT2D eigenvalue weighted by Gasteiger charge is -2.34. The van der Waals surface area contributed by atoms with Crippen molar-refractivity contribution in [3.05, 3.63) is 57.3 Å². The molecule has 1 heterocycles. The smallest absolute Gasteiger partial charge is 0.241 e. The predicted molar refractivity (Wildman–Crippen MR) is 91.2 cm³/mol. The molecule has 116 valence electrons. The second kappa shape index (κ2) is 5.86. The van der Waals surface area contributed by atoms with Gasteiger partial charge in [-0.25, -0.2) is 0 Å². The summed E-state index contributed by atoms with van der Waals surface area (Å²) in [4.78, 5) is 17.5. The molecule has 0 spiro atoms. The van der Waals surface area contributed by atoms with E-state index in [9.17, 15) is 4.79 Å². The summed E-state index contributed by atoms with van der Waals surface area (Å²) in [7, 11) is 4.00. The van der Waals surface area contributed by atoms with E-state index in [4.69, 9.17) is 0 Å². The maximum absolute atomic E-state index is 12.9. The van der Waals surface area contributed by atoms with Crippen LogP contribution in [0.3, 0.4) is 0 Å². The second-order valence-electron chi connectivity index (χ2n) is 6.24. The van der Waals surface area contributed by atoms with Gasteiger partial charge in [0.2, 0.25) is 5.91 Å². The van der Waals surface area contributed by atoms with Crippen LogP contribution in [0.25, 0.3) is 0 Å². The van der Waals surface area contributed by atoms with Gasteiger partial charge in [0.05, 0.1) is 6.54 Å². The van der Waals surface area contributed by atoms with Crippen LogP contribution in [-0.2, 0) is 24.2 Å². The van der Waals surface area contributed by atoms with Crippen molar-refractivity contribution >= 4 is 17.2 Å². The molecule has 0 bridgehead atoms. The van der Waals surface area contributed by atoms with Crippen LogP contribution in [0.1, 0.15) is 20.9 Å². The first-order valence-electron chi connectivity index (χ1n) is 7.59. The Kier molecular flexibility index (Phi) is 4.06. The van der Waals surface area contributed by atoms with Crippen LogP contribution in [0.5, 0.6) is 0 Å². The molecule has 1 N–H and O–H groups in total. The molecule has 3 rings (SSSR count). The average molecular weight is 314 g/mol. The number of carbonyl (C=O) groups is 1. The third-order valence-corrected chi connectivity index (χ3v) is 5.58. The molecule has 0 unspecified atom stereocenters. The van der Waals surface area contributed by atoms with Gasteiger partial charge in [-0.3, -0.25) is 9.69 Å². The van der Waals surface area contributed by atoms with E-state index in [1.165, 1.54) is 20.9 Å². The van der Waals surface area contributed by atoms with Crippen molar-refractivity contribution in [3.63, 3.8) is 0 Å². The molecule has 2 aromatic rings. The molecule has 3 nitrogen and oxygen atoms in total. The normalized spacial score (nSPS) is 15.8. The van der Waals surface area contributed by atoms with Crippen molar-refractivity contribution in [3.8, 4) is 0 Å². The molecule has 0 radical (unpaired) electrons. The molecule has 1 aromatic heterocycles. The molecule has 4 heteroatoms. The molecule has 0 atom stereocenters. The molecule has 22 heavy (non-hydrogen) atoms. The van der Waals surface area contributed by atoms with E-state index in [-0.39, 0.29) is 5.91 Å². The highest BCUT2D eigenvalue weighted by atomic mass is 32.1. The van der Waals surface area contributed by atoms with Gasteiger partial charge in [0.25, 0.3) is 0 Å². The quantitative estimate of drug-likeness (QED) is 0.941. The molecule has 0 aliphatic heterocycles. The minimum Gasteiger partial charge on any atom is -0.350 e. The highest BCUT2D eigenvalue weighted by Gasteiger charge is 2.45. The van der Waals surface area contributed by atoms with Crippen LogP contribution in [0.2, 0.25) is 0 Å². The third kappa shape index (κ3) is 2.69. The van der Waals surface area contributed by atoms with Crippen LogP contribution in [0, 0.1) is 6.92 Å². The second-order valence-corrected chi connectivity index (χ2v) is 7.62. The van der Waals surface area contributed by atoms with Crippen LogP contribution in [0.4, 0.5) is 0 Å². The first-order valence-corrected chi connectivity index (χ1v) is 8.41. The van der Waals surface area contributed by atoms with Crippen LogP contribution in [0.15, 0.2) is 36.4 Å². The Balaban J connectivity index is 1.76. The average Bonchev–Trinajstić information content (AvgIpc) is 3.08. The van der Waals surface area contributed by atoms with E-state index >= 15 is 0 Å². The summed E-state index contributed by atoms with van der Waals surface area (Å²) >= 11 is 1.74. The molecule has 1 aliphatic rings. The van der Waals surface area contributed by atoms with Gasteiger partial charge in [0.1, 0.15) is 5.54 Å². The fourth-order valence-electron chi connectivity index (χ4n) is 3.19. The molecule has 0 saturated heterocycles. The Hall–Kier alpha value is -1.65. The monoisotopic (exact) mass is 314 g/mol. The number of amides is 1. The standard InChI is InChI=1S/C18H22N2OS/c1-13-8-9-16(22-13)12-19-17(21)18(20(2)3)10-14-6-4-5-7-15(14)11-18/h4-9H,10-12H2,1-3H3,(H,19,21). The molecular weight excluding hydrogens is 292 g/mol. The van der Waals surface area contributed by atoms with Gasteiger partial charge in [-0.1, -0.05) is 24.3 Å². The summed E-state index contributed by atoms with van der Waals surface area (Å²) in [5, 5.41) is 3.14. The van der Waals surface area contributed by atoms with Crippen LogP contribution < -0.4 is 5.32 Å². The number of likely N-dealkylation sites (N-methyl/N-ethyl adjacent to an activating group) is 1. The highest BCUT2D eigenvalue weighted by Crippen LogP contribution is 2.33. The lowest BCUT2D eigenvalue weighted by Crippen LogP contribution is -2.56. The minimum absolute atomic E-state index is 0.125. The first kappa shape index (κ1) is 15.3. The van der Waals surface area contributed by atoms with Gasteiger partial charge in [-0.05, 0) is 44.3 Å². The Morgan fingerprint density at radius 2 is 1.82 bits per heavy atom. The lowest BCUT2D eigenvalue weighted by atomic mass is 9.93. The summed E-state index contributed by atoms with van der Waals surface area (Å²) in [5.74, 6) is 0.125. The number of rotatable bonds is 4. The van der Waals surface area contributed by atoms with E-state index in [0.29, 0.717) is 6.54 Å². The molecular formula is C18H22N2OS. The largest absolute Gasteiger partial charge is 0.350 e. The third-order valence-electron chi connectivity index (χ3n) is 4.58. The Labute approximate surface area is 136 Å². The van der Waals surface area contributed by atoms with E-state index in [0.717, 1.165) is 12.8 Å². The molecule has 0 fully saturated rings. The van der Waals surface area contributed by atoms with Crippen molar-refractivity contribution in [2.45, 2.75) is 31.8 Å². The molecule has 1 amide bonds. The lowest BCUT2D eigenvalue weighted by molar-refractivity contribution is -0.131. The highest BCUT2D eigenvalue weighted by molar-refractivity contribution is 7.11. The maximum atomic E-state index is 12.9. The van der Waals surface area contributed by atoms with Gasteiger partial charge < -0.3 is 5.32 Å². The summed E-state index contributed by atoms with van der Waals surface area (Å²) in [5.41, 5.74) is 2.12. The molecule has 1 aliphatic carbocycles. The van der Waals surface area contributed by atoms with Crippen molar-refractivity contribution in [1.29, 1.82) is 0 Å². The summed E-state index contributed by atoms with van der Waals surface area (Å²) in [6.45, 7) is 2.70. The summed E-state index contributed by atoms with van der Waals surface area (Å²) < 4.78 is 0. The van der Waals surface area contributed by atoms with Gasteiger partial charge in [-0.15, -0.1) is 11.3 Å². The van der Waals surface area contributed by atoms with Gasteiger partial charge in [-0.2, -0.15) is 0 Å². The molecule has 1 aromatic carbocycles. The topological polar surface area (TPSA) is 32.3 Å². The zero-order valence-electron chi connectivity index (χ0n) is 13.3. The number of thiophene rings is 1. The molecule has 0 saturated carbocycles. The van der Waals surface area contributed by atoms with Crippen molar-refractivity contribution in [2.75, 3.05) is 14.1 Å². The Morgan fingerprint density at radius 1 is 1.18 bits per heavy atom. The van der Waals surface area contributed by atoms with Gasteiger partial charge in [0.15, 0.2) is 0 Å². The number of fused-ring (bicyclic) bond motifs is 1. The summed E-state index contributed by atoms with van der Waals surface area (Å²) in [6, 6.07) is 12.6. The number of carbonyl (C=O) groups excluding carboxylic acids is 1. The van der Waals surface area contributed by atoms with E-state index in [1.807, 2.05) is 14.1 Å². The number of benzene rings is 1. The van der Waals surface area contributed by atoms with Gasteiger partial charge in [0, 0.05) is 22.6 Å². The summed E-state index contributed by atoms with van der Waals surface area (Å²) in [6.07, 6.45) is 1.57. The fourth-order valence-corrected chi connectivity index (χ4v) is 4.02. The van der Waals surface area contributed by atoms with Gasteiger partial charge >= 0.3 is 0 Å². The van der Waals surface area contributed by atoms with E-state index in [2.05, 4.69) is 53.5 Å². The van der Waals surface area contributed by atoms with Crippen LogP contribution in [-0.4, -0.2) is 30.4 Å². The van der Waals surface area contributed by atoms with Crippen molar-refractivity contribution in [2.24, 2.45) is 0 Å². The minimum atomic E-state index is -0.462. The van der Waals surface area contributed by atoms with Crippen molar-refractivity contribution in [1.82, 2.24) is 10.2 Å². The number of nitrogens with one attached hydrogen (secondary N) is 1. The Bertz CT molecular complexity index is 665.